The van der Waals surface area contributed by atoms with Crippen LogP contribution in [0.3, 0.4) is 0 Å². The predicted molar refractivity (Wildman–Crippen MR) is 135 cm³/mol. The SMILES string of the molecule is CC1Cc2c(cc(F)cc2[C@@H](C(=O)O)N2CC[C@@H](OCCCCc3ccc4c(n3)NCCC4)C2)CO1. The van der Waals surface area contributed by atoms with Gasteiger partial charge in [0.1, 0.15) is 17.7 Å². The molecule has 2 aromatic rings. The Morgan fingerprint density at radius 3 is 3.08 bits per heavy atom. The maximum Gasteiger partial charge on any atom is 0.325 e. The van der Waals surface area contributed by atoms with Crippen LogP contribution in [0.25, 0.3) is 0 Å². The molecular formula is C28H36FN3O4. The molecule has 1 unspecified atom stereocenters. The molecule has 1 aromatic carbocycles. The third-order valence-electron chi connectivity index (χ3n) is 7.56. The molecule has 0 bridgehead atoms. The second kappa shape index (κ2) is 11.2. The number of aromatic nitrogens is 1. The molecule has 8 heteroatoms. The maximum absolute atomic E-state index is 14.4. The van der Waals surface area contributed by atoms with Crippen LogP contribution in [0.1, 0.15) is 66.6 Å². The van der Waals surface area contributed by atoms with Gasteiger partial charge in [0.2, 0.25) is 0 Å². The zero-order valence-electron chi connectivity index (χ0n) is 21.0. The number of nitrogens with one attached hydrogen (secondary N) is 1. The molecule has 3 aliphatic rings. The van der Waals surface area contributed by atoms with Gasteiger partial charge in [0.25, 0.3) is 0 Å². The topological polar surface area (TPSA) is 83.9 Å². The highest BCUT2D eigenvalue weighted by Crippen LogP contribution is 2.34. The minimum absolute atomic E-state index is 0.00966. The van der Waals surface area contributed by atoms with Crippen LogP contribution >= 0.6 is 0 Å². The summed E-state index contributed by atoms with van der Waals surface area (Å²) in [5, 5.41) is 13.5. The van der Waals surface area contributed by atoms with Crippen molar-refractivity contribution in [1.82, 2.24) is 9.88 Å². The number of aliphatic carboxylic acids is 1. The number of carbonyl (C=O) groups is 1. The summed E-state index contributed by atoms with van der Waals surface area (Å²) in [6.45, 7) is 5.07. The summed E-state index contributed by atoms with van der Waals surface area (Å²) >= 11 is 0. The molecule has 4 heterocycles. The Morgan fingerprint density at radius 2 is 2.22 bits per heavy atom. The Hall–Kier alpha value is -2.55. The molecule has 3 aliphatic heterocycles. The van der Waals surface area contributed by atoms with Crippen LogP contribution in [-0.4, -0.2) is 59.4 Å². The smallest absolute Gasteiger partial charge is 0.325 e. The number of pyridine rings is 1. The number of carboxylic acids is 1. The van der Waals surface area contributed by atoms with Crippen molar-refractivity contribution in [2.24, 2.45) is 0 Å². The molecule has 0 aliphatic carbocycles. The van der Waals surface area contributed by atoms with Crippen LogP contribution in [0.4, 0.5) is 10.2 Å². The molecular weight excluding hydrogens is 461 g/mol. The molecule has 0 saturated carbocycles. The predicted octanol–water partition coefficient (Wildman–Crippen LogP) is 4.28. The van der Waals surface area contributed by atoms with Gasteiger partial charge in [-0.1, -0.05) is 6.07 Å². The lowest BCUT2D eigenvalue weighted by Gasteiger charge is -2.30. The van der Waals surface area contributed by atoms with Crippen LogP contribution in [0.5, 0.6) is 0 Å². The van der Waals surface area contributed by atoms with Gasteiger partial charge in [-0.05, 0) is 92.3 Å². The number of carboxylic acid groups (broad SMARTS) is 1. The number of unbranched alkanes of at least 4 members (excludes halogenated alkanes) is 1. The van der Waals surface area contributed by atoms with Crippen molar-refractivity contribution in [1.29, 1.82) is 0 Å². The minimum Gasteiger partial charge on any atom is -0.480 e. The minimum atomic E-state index is -0.949. The van der Waals surface area contributed by atoms with Gasteiger partial charge in [0.15, 0.2) is 0 Å². The van der Waals surface area contributed by atoms with Gasteiger partial charge in [0, 0.05) is 31.9 Å². The van der Waals surface area contributed by atoms with Gasteiger partial charge in [-0.15, -0.1) is 0 Å². The number of nitrogens with zero attached hydrogens (tertiary/aromatic N) is 2. The number of benzene rings is 1. The number of anilines is 1. The summed E-state index contributed by atoms with van der Waals surface area (Å²) in [6, 6.07) is 6.31. The van der Waals surface area contributed by atoms with Crippen LogP contribution in [0.15, 0.2) is 24.3 Å². The average Bonchev–Trinajstić information content (AvgIpc) is 3.32. The fraction of sp³-hybridized carbons (Fsp3) is 0.571. The van der Waals surface area contributed by atoms with E-state index in [1.54, 1.807) is 0 Å². The monoisotopic (exact) mass is 497 g/mol. The van der Waals surface area contributed by atoms with Crippen LogP contribution in [0.2, 0.25) is 0 Å². The number of likely N-dealkylation sites (tertiary alicyclic amines) is 1. The molecule has 7 nitrogen and oxygen atoms in total. The molecule has 0 radical (unpaired) electrons. The van der Waals surface area contributed by atoms with Crippen molar-refractivity contribution >= 4 is 11.8 Å². The lowest BCUT2D eigenvalue weighted by molar-refractivity contribution is -0.143. The first-order valence-electron chi connectivity index (χ1n) is 13.2. The van der Waals surface area contributed by atoms with Crippen molar-refractivity contribution in [3.63, 3.8) is 0 Å². The van der Waals surface area contributed by atoms with E-state index < -0.39 is 17.8 Å². The zero-order chi connectivity index (χ0) is 25.1. The molecule has 194 valence electrons. The number of hydrogen-bond donors (Lipinski definition) is 2. The van der Waals surface area contributed by atoms with E-state index in [1.807, 2.05) is 11.8 Å². The van der Waals surface area contributed by atoms with Gasteiger partial charge in [-0.25, -0.2) is 9.37 Å². The van der Waals surface area contributed by atoms with Crippen LogP contribution < -0.4 is 5.32 Å². The first-order chi connectivity index (χ1) is 17.5. The van der Waals surface area contributed by atoms with Gasteiger partial charge in [-0.2, -0.15) is 0 Å². The van der Waals surface area contributed by atoms with Crippen LogP contribution in [0, 0.1) is 5.82 Å². The second-order valence-corrected chi connectivity index (χ2v) is 10.3. The average molecular weight is 498 g/mol. The van der Waals surface area contributed by atoms with Crippen molar-refractivity contribution in [3.8, 4) is 0 Å². The molecule has 5 rings (SSSR count). The number of ether oxygens (including phenoxy) is 2. The molecule has 0 amide bonds. The Morgan fingerprint density at radius 1 is 1.33 bits per heavy atom. The van der Waals surface area contributed by atoms with E-state index in [1.165, 1.54) is 17.7 Å². The fourth-order valence-corrected chi connectivity index (χ4v) is 5.69. The van der Waals surface area contributed by atoms with Gasteiger partial charge >= 0.3 is 5.97 Å². The number of fused-ring (bicyclic) bond motifs is 2. The standard InChI is InChI=1S/C28H36FN3O4/c1-18-13-24-20(17-36-18)14-21(29)15-25(24)26(28(33)34)32-11-9-23(16-32)35-12-3-2-6-22-8-7-19-5-4-10-30-27(19)31-22/h7-8,14-15,18,23,26H,2-6,9-13,16-17H2,1H3,(H,30,31)(H,33,34)/t18?,23-,26+/m1/s1. The fourth-order valence-electron chi connectivity index (χ4n) is 5.69. The van der Waals surface area contributed by atoms with Gasteiger partial charge < -0.3 is 19.9 Å². The quantitative estimate of drug-likeness (QED) is 0.501. The molecule has 3 atom stereocenters. The van der Waals surface area contributed by atoms with Gasteiger partial charge in [-0.3, -0.25) is 9.69 Å². The Bertz CT molecular complexity index is 1090. The summed E-state index contributed by atoms with van der Waals surface area (Å²) in [5.41, 5.74) is 4.64. The van der Waals surface area contributed by atoms with E-state index in [-0.39, 0.29) is 12.2 Å². The van der Waals surface area contributed by atoms with E-state index in [0.717, 1.165) is 67.7 Å². The lowest BCUT2D eigenvalue weighted by Crippen LogP contribution is -2.35. The Balaban J connectivity index is 1.13. The van der Waals surface area contributed by atoms with Crippen molar-refractivity contribution in [3.05, 3.63) is 58.0 Å². The van der Waals surface area contributed by atoms with Crippen molar-refractivity contribution < 1.29 is 23.8 Å². The van der Waals surface area contributed by atoms with E-state index in [9.17, 15) is 14.3 Å². The Kier molecular flexibility index (Phi) is 7.84. The maximum atomic E-state index is 14.4. The number of aryl methyl sites for hydroxylation is 2. The highest BCUT2D eigenvalue weighted by molar-refractivity contribution is 5.76. The number of hydrogen-bond acceptors (Lipinski definition) is 6. The lowest BCUT2D eigenvalue weighted by atomic mass is 9.90. The van der Waals surface area contributed by atoms with E-state index in [0.29, 0.717) is 38.3 Å². The summed E-state index contributed by atoms with van der Waals surface area (Å²) in [5.74, 6) is -0.324. The summed E-state index contributed by atoms with van der Waals surface area (Å²) in [4.78, 5) is 19.0. The second-order valence-electron chi connectivity index (χ2n) is 10.3. The number of halogens is 1. The number of rotatable bonds is 9. The summed E-state index contributed by atoms with van der Waals surface area (Å²) < 4.78 is 26.2. The zero-order valence-corrected chi connectivity index (χ0v) is 21.0. The normalized spacial score (nSPS) is 22.5. The Labute approximate surface area is 212 Å². The molecule has 2 N–H and O–H groups in total. The van der Waals surface area contributed by atoms with Gasteiger partial charge in [0.05, 0.1) is 18.8 Å². The van der Waals surface area contributed by atoms with Crippen molar-refractivity contribution in [2.75, 3.05) is 31.6 Å². The largest absolute Gasteiger partial charge is 0.480 e. The third kappa shape index (κ3) is 5.71. The highest BCUT2D eigenvalue weighted by Gasteiger charge is 2.36. The van der Waals surface area contributed by atoms with E-state index in [4.69, 9.17) is 14.5 Å². The van der Waals surface area contributed by atoms with E-state index >= 15 is 0 Å². The molecule has 1 aromatic heterocycles. The van der Waals surface area contributed by atoms with E-state index in [2.05, 4.69) is 17.4 Å². The summed E-state index contributed by atoms with van der Waals surface area (Å²) in [6.07, 6.45) is 6.45. The van der Waals surface area contributed by atoms with Crippen LogP contribution in [-0.2, 0) is 40.1 Å². The summed E-state index contributed by atoms with van der Waals surface area (Å²) in [7, 11) is 0. The first-order valence-corrected chi connectivity index (χ1v) is 13.2. The third-order valence-corrected chi connectivity index (χ3v) is 7.56. The highest BCUT2D eigenvalue weighted by atomic mass is 19.1. The molecule has 1 saturated heterocycles. The van der Waals surface area contributed by atoms with Crippen molar-refractivity contribution in [2.45, 2.75) is 76.7 Å². The molecule has 36 heavy (non-hydrogen) atoms. The molecule has 0 spiro atoms. The molecule has 1 fully saturated rings. The first kappa shape index (κ1) is 25.1.